The van der Waals surface area contributed by atoms with Crippen molar-refractivity contribution in [1.29, 1.82) is 0 Å². The van der Waals surface area contributed by atoms with E-state index >= 15 is 0 Å². The maximum absolute atomic E-state index is 5.50. The first-order valence-electron chi connectivity index (χ1n) is 10.8. The van der Waals surface area contributed by atoms with Crippen LogP contribution >= 0.6 is 0 Å². The molecule has 152 valence electrons. The molecule has 4 heteroatoms. The van der Waals surface area contributed by atoms with Crippen LogP contribution in [-0.4, -0.2) is 30.2 Å². The summed E-state index contributed by atoms with van der Waals surface area (Å²) in [7, 11) is 3.44. The molecular formula is C25H30N2O2. The number of fused-ring (bicyclic) bond motifs is 3. The van der Waals surface area contributed by atoms with Gasteiger partial charge in [0.15, 0.2) is 0 Å². The Labute approximate surface area is 173 Å². The van der Waals surface area contributed by atoms with Gasteiger partial charge in [0, 0.05) is 42.3 Å². The maximum Gasteiger partial charge on any atom is 0.122 e. The zero-order valence-corrected chi connectivity index (χ0v) is 17.7. The molecule has 0 amide bonds. The summed E-state index contributed by atoms with van der Waals surface area (Å²) in [5.41, 5.74) is 7.21. The fourth-order valence-electron chi connectivity index (χ4n) is 5.38. The van der Waals surface area contributed by atoms with Crippen molar-refractivity contribution in [2.24, 2.45) is 0 Å². The van der Waals surface area contributed by atoms with Gasteiger partial charge in [0.05, 0.1) is 20.3 Å². The molecule has 5 rings (SSSR count). The molecule has 2 aliphatic rings. The molecule has 29 heavy (non-hydrogen) atoms. The van der Waals surface area contributed by atoms with Crippen LogP contribution in [0.5, 0.6) is 11.5 Å². The van der Waals surface area contributed by atoms with Crippen molar-refractivity contribution in [2.75, 3.05) is 20.8 Å². The number of nitrogens with zero attached hydrogens (tertiary/aromatic N) is 2. The van der Waals surface area contributed by atoms with Gasteiger partial charge in [0.2, 0.25) is 0 Å². The van der Waals surface area contributed by atoms with Crippen LogP contribution in [0.3, 0.4) is 0 Å². The molecule has 0 bridgehead atoms. The summed E-state index contributed by atoms with van der Waals surface area (Å²) in [4.78, 5) is 2.68. The van der Waals surface area contributed by atoms with Crippen molar-refractivity contribution in [3.8, 4) is 11.5 Å². The Hall–Kier alpha value is -2.46. The fourth-order valence-corrected chi connectivity index (χ4v) is 5.38. The minimum atomic E-state index is 0.492. The zero-order chi connectivity index (χ0) is 20.0. The maximum atomic E-state index is 5.50. The van der Waals surface area contributed by atoms with E-state index in [1.807, 2.05) is 6.07 Å². The first kappa shape index (κ1) is 18.6. The van der Waals surface area contributed by atoms with Gasteiger partial charge in [0.1, 0.15) is 11.5 Å². The number of hydrogen-bond acceptors (Lipinski definition) is 3. The average molecular weight is 391 g/mol. The van der Waals surface area contributed by atoms with Crippen LogP contribution in [0, 0.1) is 6.92 Å². The van der Waals surface area contributed by atoms with E-state index in [-0.39, 0.29) is 0 Å². The monoisotopic (exact) mass is 390 g/mol. The van der Waals surface area contributed by atoms with Gasteiger partial charge in [-0.05, 0) is 68.0 Å². The lowest BCUT2D eigenvalue weighted by Gasteiger charge is -2.34. The smallest absolute Gasteiger partial charge is 0.122 e. The van der Waals surface area contributed by atoms with E-state index in [0.29, 0.717) is 6.04 Å². The van der Waals surface area contributed by atoms with Crippen molar-refractivity contribution in [3.05, 3.63) is 58.8 Å². The molecule has 1 aromatic heterocycles. The SMILES string of the molecule is COc1cc(CN2CCCn3c4c(c5cc(C)ccc53)CCC[C@@H]42)cc(OC)c1. The van der Waals surface area contributed by atoms with Gasteiger partial charge < -0.3 is 14.0 Å². The van der Waals surface area contributed by atoms with Gasteiger partial charge in [-0.25, -0.2) is 0 Å². The molecule has 4 nitrogen and oxygen atoms in total. The number of rotatable bonds is 4. The molecule has 0 spiro atoms. The number of aromatic nitrogens is 1. The zero-order valence-electron chi connectivity index (χ0n) is 17.7. The Morgan fingerprint density at radius 2 is 1.76 bits per heavy atom. The van der Waals surface area contributed by atoms with Gasteiger partial charge in [-0.1, -0.05) is 11.6 Å². The van der Waals surface area contributed by atoms with Crippen molar-refractivity contribution in [1.82, 2.24) is 9.47 Å². The van der Waals surface area contributed by atoms with Gasteiger partial charge in [0.25, 0.3) is 0 Å². The molecule has 0 unspecified atom stereocenters. The second kappa shape index (κ2) is 7.42. The third kappa shape index (κ3) is 3.20. The van der Waals surface area contributed by atoms with Gasteiger partial charge in [-0.15, -0.1) is 0 Å². The quantitative estimate of drug-likeness (QED) is 0.609. The van der Waals surface area contributed by atoms with Crippen LogP contribution in [0.2, 0.25) is 0 Å². The Bertz CT molecular complexity index is 1030. The molecule has 0 fully saturated rings. The predicted octanol–water partition coefficient (Wildman–Crippen LogP) is 5.25. The van der Waals surface area contributed by atoms with E-state index < -0.39 is 0 Å². The molecule has 0 radical (unpaired) electrons. The first-order valence-corrected chi connectivity index (χ1v) is 10.8. The summed E-state index contributed by atoms with van der Waals surface area (Å²) in [6.07, 6.45) is 4.90. The highest BCUT2D eigenvalue weighted by Crippen LogP contribution is 2.42. The van der Waals surface area contributed by atoms with E-state index in [1.165, 1.54) is 47.7 Å². The summed E-state index contributed by atoms with van der Waals surface area (Å²) in [6.45, 7) is 5.37. The van der Waals surface area contributed by atoms with Crippen LogP contribution in [0.25, 0.3) is 10.9 Å². The lowest BCUT2D eigenvalue weighted by atomic mass is 9.90. The molecule has 1 aliphatic heterocycles. The third-order valence-corrected chi connectivity index (χ3v) is 6.65. The van der Waals surface area contributed by atoms with E-state index in [9.17, 15) is 0 Å². The van der Waals surface area contributed by atoms with Crippen molar-refractivity contribution < 1.29 is 9.47 Å². The number of aryl methyl sites for hydroxylation is 3. The molecule has 0 saturated heterocycles. The first-order chi connectivity index (χ1) is 14.2. The highest BCUT2D eigenvalue weighted by atomic mass is 16.5. The number of benzene rings is 2. The molecular weight excluding hydrogens is 360 g/mol. The minimum Gasteiger partial charge on any atom is -0.497 e. The van der Waals surface area contributed by atoms with Crippen LogP contribution < -0.4 is 9.47 Å². The summed E-state index contributed by atoms with van der Waals surface area (Å²) >= 11 is 0. The van der Waals surface area contributed by atoms with Gasteiger partial charge in [-0.2, -0.15) is 0 Å². The average Bonchev–Trinajstić information content (AvgIpc) is 2.93. The number of ether oxygens (including phenoxy) is 2. The van der Waals surface area contributed by atoms with Crippen LogP contribution in [0.4, 0.5) is 0 Å². The predicted molar refractivity (Wildman–Crippen MR) is 117 cm³/mol. The van der Waals surface area contributed by atoms with Crippen molar-refractivity contribution in [3.63, 3.8) is 0 Å². The fraction of sp³-hybridized carbons (Fsp3) is 0.440. The Kier molecular flexibility index (Phi) is 4.75. The van der Waals surface area contributed by atoms with Crippen molar-refractivity contribution >= 4 is 10.9 Å². The lowest BCUT2D eigenvalue weighted by Crippen LogP contribution is -2.31. The highest BCUT2D eigenvalue weighted by Gasteiger charge is 2.33. The van der Waals surface area contributed by atoms with E-state index in [1.54, 1.807) is 25.5 Å². The largest absolute Gasteiger partial charge is 0.497 e. The van der Waals surface area contributed by atoms with E-state index in [4.69, 9.17) is 9.47 Å². The van der Waals surface area contributed by atoms with Crippen LogP contribution in [-0.2, 0) is 19.5 Å². The van der Waals surface area contributed by atoms with E-state index in [2.05, 4.69) is 46.7 Å². The number of hydrogen-bond donors (Lipinski definition) is 0. The van der Waals surface area contributed by atoms with Crippen LogP contribution in [0.15, 0.2) is 36.4 Å². The number of methoxy groups -OCH3 is 2. The Morgan fingerprint density at radius 3 is 2.52 bits per heavy atom. The van der Waals surface area contributed by atoms with Gasteiger partial charge >= 0.3 is 0 Å². The van der Waals surface area contributed by atoms with Crippen molar-refractivity contribution in [2.45, 2.75) is 51.7 Å². The Balaban J connectivity index is 1.56. The topological polar surface area (TPSA) is 26.6 Å². The van der Waals surface area contributed by atoms with Gasteiger partial charge in [-0.3, -0.25) is 4.90 Å². The standard InChI is InChI=1S/C25H30N2O2/c1-17-8-9-23-22(12-17)21-6-4-7-24-25(21)27(23)11-5-10-26(24)16-18-13-19(28-2)15-20(14-18)29-3/h8-9,12-15,24H,4-7,10-11,16H2,1-3H3/t24-/m0/s1. The van der Waals surface area contributed by atoms with E-state index in [0.717, 1.165) is 31.1 Å². The Morgan fingerprint density at radius 1 is 0.966 bits per heavy atom. The summed E-state index contributed by atoms with van der Waals surface area (Å²) in [5.74, 6) is 1.73. The molecule has 3 aromatic rings. The molecule has 1 aliphatic carbocycles. The molecule has 2 heterocycles. The molecule has 0 N–H and O–H groups in total. The highest BCUT2D eigenvalue weighted by molar-refractivity contribution is 5.86. The summed E-state index contributed by atoms with van der Waals surface area (Å²) in [6, 6.07) is 13.7. The lowest BCUT2D eigenvalue weighted by molar-refractivity contribution is 0.173. The second-order valence-corrected chi connectivity index (χ2v) is 8.49. The minimum absolute atomic E-state index is 0.492. The summed E-state index contributed by atoms with van der Waals surface area (Å²) in [5, 5.41) is 1.48. The third-order valence-electron chi connectivity index (χ3n) is 6.65. The molecule has 1 atom stereocenters. The van der Waals surface area contributed by atoms with Crippen LogP contribution in [0.1, 0.15) is 47.7 Å². The summed E-state index contributed by atoms with van der Waals surface area (Å²) < 4.78 is 13.6. The normalized spacial score (nSPS) is 19.1. The second-order valence-electron chi connectivity index (χ2n) is 8.49. The molecule has 2 aromatic carbocycles. The molecule has 0 saturated carbocycles.